The third-order valence-corrected chi connectivity index (χ3v) is 5.37. The molecular formula is C20H16FNO5S2. The van der Waals surface area contributed by atoms with Crippen molar-refractivity contribution < 1.29 is 28.6 Å². The molecule has 0 aromatic heterocycles. The molecule has 0 saturated carbocycles. The van der Waals surface area contributed by atoms with Gasteiger partial charge in [-0.25, -0.2) is 4.39 Å². The molecule has 6 nitrogen and oxygen atoms in total. The summed E-state index contributed by atoms with van der Waals surface area (Å²) in [5.41, 5.74) is 1.07. The van der Waals surface area contributed by atoms with Gasteiger partial charge in [-0.05, 0) is 29.8 Å². The van der Waals surface area contributed by atoms with Crippen LogP contribution in [0.4, 0.5) is 4.39 Å². The van der Waals surface area contributed by atoms with Crippen LogP contribution in [0.5, 0.6) is 11.5 Å². The summed E-state index contributed by atoms with van der Waals surface area (Å²) in [6.45, 7) is -0.440. The molecule has 2 aromatic rings. The third kappa shape index (κ3) is 4.93. The van der Waals surface area contributed by atoms with E-state index in [1.807, 2.05) is 0 Å². The summed E-state index contributed by atoms with van der Waals surface area (Å²) in [5, 5.41) is 8.90. The Hall–Kier alpha value is -2.91. The lowest BCUT2D eigenvalue weighted by Gasteiger charge is -2.12. The normalized spacial score (nSPS) is 15.1. The van der Waals surface area contributed by atoms with Gasteiger partial charge in [-0.1, -0.05) is 48.2 Å². The van der Waals surface area contributed by atoms with Gasteiger partial charge in [0.25, 0.3) is 5.91 Å². The van der Waals surface area contributed by atoms with E-state index in [0.717, 1.165) is 16.7 Å². The molecule has 1 fully saturated rings. The first-order valence-corrected chi connectivity index (χ1v) is 9.63. The van der Waals surface area contributed by atoms with Crippen LogP contribution < -0.4 is 9.47 Å². The van der Waals surface area contributed by atoms with Gasteiger partial charge < -0.3 is 14.6 Å². The lowest BCUT2D eigenvalue weighted by atomic mass is 10.1. The Morgan fingerprint density at radius 2 is 2.03 bits per heavy atom. The fourth-order valence-corrected chi connectivity index (χ4v) is 3.84. The number of carboxylic acids is 1. The van der Waals surface area contributed by atoms with E-state index >= 15 is 0 Å². The maximum Gasteiger partial charge on any atom is 0.323 e. The number of carbonyl (C=O) groups excluding carboxylic acids is 1. The fraction of sp³-hybridized carbons (Fsp3) is 0.150. The molecule has 0 atom stereocenters. The highest BCUT2D eigenvalue weighted by atomic mass is 32.2. The number of methoxy groups -OCH3 is 1. The largest absolute Gasteiger partial charge is 0.493 e. The van der Waals surface area contributed by atoms with Crippen LogP contribution in [0.15, 0.2) is 47.4 Å². The number of carbonyl (C=O) groups is 2. The van der Waals surface area contributed by atoms with Crippen molar-refractivity contribution in [2.75, 3.05) is 13.7 Å². The Kier molecular flexibility index (Phi) is 6.50. The average molecular weight is 433 g/mol. The van der Waals surface area contributed by atoms with Gasteiger partial charge >= 0.3 is 5.97 Å². The highest BCUT2D eigenvalue weighted by Gasteiger charge is 2.33. The molecule has 0 bridgehead atoms. The quantitative estimate of drug-likeness (QED) is 0.527. The van der Waals surface area contributed by atoms with Crippen LogP contribution in [-0.4, -0.2) is 39.9 Å². The van der Waals surface area contributed by atoms with Crippen LogP contribution in [0.1, 0.15) is 11.1 Å². The van der Waals surface area contributed by atoms with Gasteiger partial charge in [0, 0.05) is 5.56 Å². The van der Waals surface area contributed by atoms with Crippen LogP contribution >= 0.6 is 24.0 Å². The highest BCUT2D eigenvalue weighted by Crippen LogP contribution is 2.35. The molecule has 2 aromatic carbocycles. The number of thioether (sulfide) groups is 1. The summed E-state index contributed by atoms with van der Waals surface area (Å²) in [5.74, 6) is -1.12. The summed E-state index contributed by atoms with van der Waals surface area (Å²) in [4.78, 5) is 24.6. The van der Waals surface area contributed by atoms with Gasteiger partial charge in [-0.2, -0.15) is 0 Å². The van der Waals surface area contributed by atoms with Crippen LogP contribution in [0, 0.1) is 5.82 Å². The summed E-state index contributed by atoms with van der Waals surface area (Å²) >= 11 is 6.12. The Balaban J connectivity index is 1.77. The summed E-state index contributed by atoms with van der Waals surface area (Å²) in [6, 6.07) is 11.4. The number of hydrogen-bond donors (Lipinski definition) is 1. The molecule has 1 saturated heterocycles. The first-order chi connectivity index (χ1) is 13.9. The molecule has 29 heavy (non-hydrogen) atoms. The highest BCUT2D eigenvalue weighted by molar-refractivity contribution is 8.26. The van der Waals surface area contributed by atoms with E-state index in [0.29, 0.717) is 27.5 Å². The molecule has 1 aliphatic heterocycles. The van der Waals surface area contributed by atoms with Gasteiger partial charge in [0.05, 0.1) is 12.0 Å². The van der Waals surface area contributed by atoms with Crippen LogP contribution in [0.3, 0.4) is 0 Å². The number of rotatable bonds is 7. The Labute approximate surface area is 175 Å². The van der Waals surface area contributed by atoms with E-state index in [1.165, 1.54) is 13.2 Å². The van der Waals surface area contributed by atoms with Crippen molar-refractivity contribution in [3.63, 3.8) is 0 Å². The van der Waals surface area contributed by atoms with E-state index in [9.17, 15) is 14.0 Å². The zero-order valence-corrected chi connectivity index (χ0v) is 16.9. The van der Waals surface area contributed by atoms with Crippen LogP contribution in [-0.2, 0) is 16.2 Å². The molecule has 3 rings (SSSR count). The van der Waals surface area contributed by atoms with Crippen molar-refractivity contribution in [1.82, 2.24) is 4.90 Å². The molecule has 9 heteroatoms. The molecule has 0 aliphatic carbocycles. The van der Waals surface area contributed by atoms with Crippen molar-refractivity contribution in [2.45, 2.75) is 6.61 Å². The van der Waals surface area contributed by atoms with Crippen LogP contribution in [0.25, 0.3) is 6.08 Å². The van der Waals surface area contributed by atoms with Gasteiger partial charge in [-0.15, -0.1) is 0 Å². The predicted molar refractivity (Wildman–Crippen MR) is 111 cm³/mol. The Morgan fingerprint density at radius 1 is 1.28 bits per heavy atom. The molecule has 1 aliphatic rings. The smallest absolute Gasteiger partial charge is 0.323 e. The summed E-state index contributed by atoms with van der Waals surface area (Å²) in [6.07, 6.45) is 1.60. The SMILES string of the molecule is COc1cc(/C=C2\SC(=S)N(CC(=O)O)C2=O)ccc1OCc1ccccc1F. The summed E-state index contributed by atoms with van der Waals surface area (Å²) in [7, 11) is 1.47. The van der Waals surface area contributed by atoms with Gasteiger partial charge in [0.1, 0.15) is 23.3 Å². The number of amides is 1. The van der Waals surface area contributed by atoms with E-state index in [4.69, 9.17) is 26.8 Å². The average Bonchev–Trinajstić information content (AvgIpc) is 2.95. The van der Waals surface area contributed by atoms with E-state index in [1.54, 1.807) is 42.5 Å². The number of halogens is 1. The Morgan fingerprint density at radius 3 is 2.72 bits per heavy atom. The minimum atomic E-state index is -1.14. The second-order valence-electron chi connectivity index (χ2n) is 5.95. The second-order valence-corrected chi connectivity index (χ2v) is 7.63. The first kappa shape index (κ1) is 20.8. The number of hydrogen-bond acceptors (Lipinski definition) is 6. The topological polar surface area (TPSA) is 76.1 Å². The summed E-state index contributed by atoms with van der Waals surface area (Å²) < 4.78 is 24.9. The molecule has 0 radical (unpaired) electrons. The van der Waals surface area contributed by atoms with Gasteiger partial charge in [0.2, 0.25) is 0 Å². The first-order valence-electron chi connectivity index (χ1n) is 8.40. The molecule has 1 N–H and O–H groups in total. The molecule has 0 unspecified atom stereocenters. The standard InChI is InChI=1S/C20H16FNO5S2/c1-26-16-8-12(9-17-19(25)22(10-18(23)24)20(28)29-17)6-7-15(16)27-11-13-4-2-3-5-14(13)21/h2-9H,10-11H2,1H3,(H,23,24)/b17-9-. The molecule has 150 valence electrons. The number of benzene rings is 2. The number of carboxylic acid groups (broad SMARTS) is 1. The molecule has 0 spiro atoms. The Bertz CT molecular complexity index is 1010. The predicted octanol–water partition coefficient (Wildman–Crippen LogP) is 3.70. The maximum absolute atomic E-state index is 13.7. The number of nitrogens with zero attached hydrogens (tertiary/aromatic N) is 1. The lowest BCUT2D eigenvalue weighted by molar-refractivity contribution is -0.140. The second kappa shape index (κ2) is 9.06. The zero-order chi connectivity index (χ0) is 21.0. The number of thiocarbonyl (C=S) groups is 1. The van der Waals surface area contributed by atoms with Crippen molar-refractivity contribution >= 4 is 46.3 Å². The van der Waals surface area contributed by atoms with E-state index in [-0.39, 0.29) is 16.7 Å². The third-order valence-electron chi connectivity index (χ3n) is 3.99. The van der Waals surface area contributed by atoms with Crippen LogP contribution in [0.2, 0.25) is 0 Å². The van der Waals surface area contributed by atoms with Crippen molar-refractivity contribution in [3.05, 3.63) is 64.3 Å². The van der Waals surface area contributed by atoms with Crippen molar-refractivity contribution in [3.8, 4) is 11.5 Å². The van der Waals surface area contributed by atoms with E-state index in [2.05, 4.69) is 0 Å². The molecule has 1 heterocycles. The van der Waals surface area contributed by atoms with E-state index < -0.39 is 18.4 Å². The molecular weight excluding hydrogens is 417 g/mol. The monoisotopic (exact) mass is 433 g/mol. The zero-order valence-electron chi connectivity index (χ0n) is 15.3. The van der Waals surface area contributed by atoms with Crippen molar-refractivity contribution in [2.24, 2.45) is 0 Å². The number of aliphatic carboxylic acids is 1. The van der Waals surface area contributed by atoms with Crippen molar-refractivity contribution in [1.29, 1.82) is 0 Å². The maximum atomic E-state index is 13.7. The minimum Gasteiger partial charge on any atom is -0.493 e. The lowest BCUT2D eigenvalue weighted by Crippen LogP contribution is -2.33. The van der Waals surface area contributed by atoms with Gasteiger partial charge in [-0.3, -0.25) is 14.5 Å². The number of ether oxygens (including phenoxy) is 2. The minimum absolute atomic E-state index is 0.0379. The fourth-order valence-electron chi connectivity index (χ4n) is 2.59. The van der Waals surface area contributed by atoms with Gasteiger partial charge in [0.15, 0.2) is 11.5 Å². The molecule has 1 amide bonds.